The number of nitrogens with one attached hydrogen (secondary N) is 1. The van der Waals surface area contributed by atoms with E-state index in [0.717, 1.165) is 62.4 Å². The molecule has 1 unspecified atom stereocenters. The van der Waals surface area contributed by atoms with Gasteiger partial charge in [0.15, 0.2) is 0 Å². The quantitative estimate of drug-likeness (QED) is 0.337. The highest BCUT2D eigenvalue weighted by Crippen LogP contribution is 2.31. The summed E-state index contributed by atoms with van der Waals surface area (Å²) in [5.74, 6) is -0.852. The van der Waals surface area contributed by atoms with Gasteiger partial charge in [-0.3, -0.25) is 14.5 Å². The monoisotopic (exact) mass is 618 g/mol. The minimum Gasteiger partial charge on any atom is -0.379 e. The number of carbonyl (C=O) groups is 3. The molecule has 0 bridgehead atoms. The van der Waals surface area contributed by atoms with Crippen molar-refractivity contribution in [2.24, 2.45) is 13.0 Å². The van der Waals surface area contributed by atoms with Gasteiger partial charge < -0.3 is 29.1 Å². The van der Waals surface area contributed by atoms with Gasteiger partial charge in [-0.2, -0.15) is 0 Å². The highest BCUT2D eigenvalue weighted by Gasteiger charge is 2.42. The van der Waals surface area contributed by atoms with Crippen LogP contribution in [0.1, 0.15) is 53.6 Å². The van der Waals surface area contributed by atoms with E-state index in [9.17, 15) is 14.4 Å². The predicted octanol–water partition coefficient (Wildman–Crippen LogP) is 4.50. The number of aromatic nitrogens is 1. The van der Waals surface area contributed by atoms with Crippen LogP contribution < -0.4 is 5.32 Å². The fourth-order valence-electron chi connectivity index (χ4n) is 7.16. The Bertz CT molecular complexity index is 1560. The maximum atomic E-state index is 15.5. The second-order valence-corrected chi connectivity index (χ2v) is 13.0. The summed E-state index contributed by atoms with van der Waals surface area (Å²) in [6.45, 7) is 4.49. The maximum absolute atomic E-state index is 15.5. The highest BCUT2D eigenvalue weighted by molar-refractivity contribution is 6.13. The first-order valence-corrected chi connectivity index (χ1v) is 16.0. The van der Waals surface area contributed by atoms with Crippen LogP contribution in [0.2, 0.25) is 0 Å². The normalized spacial score (nSPS) is 24.1. The molecule has 1 aliphatic carbocycles. The van der Waals surface area contributed by atoms with E-state index in [1.54, 1.807) is 19.4 Å². The molecule has 2 atom stereocenters. The van der Waals surface area contributed by atoms with Gasteiger partial charge in [0.1, 0.15) is 12.1 Å². The lowest BCUT2D eigenvalue weighted by Crippen LogP contribution is -2.56. The number of para-hydroxylation sites is 1. The first kappa shape index (κ1) is 31.4. The number of carbonyl (C=O) groups excluding carboxylic acids is 3. The summed E-state index contributed by atoms with van der Waals surface area (Å²) in [5.41, 5.74) is 2.82. The van der Waals surface area contributed by atoms with Crippen molar-refractivity contribution in [2.75, 3.05) is 38.7 Å². The molecule has 3 aromatic rings. The smallest absolute Gasteiger partial charge is 0.257 e. The molecule has 6 rings (SSSR count). The lowest BCUT2D eigenvalue weighted by Gasteiger charge is -2.42. The van der Waals surface area contributed by atoms with Gasteiger partial charge in [0, 0.05) is 68.5 Å². The lowest BCUT2D eigenvalue weighted by atomic mass is 9.88. The molecule has 1 N–H and O–H groups in total. The third-order valence-corrected chi connectivity index (χ3v) is 10.00. The van der Waals surface area contributed by atoms with E-state index in [1.165, 1.54) is 6.07 Å². The van der Waals surface area contributed by atoms with Crippen molar-refractivity contribution < 1.29 is 28.2 Å². The molecule has 1 saturated carbocycles. The summed E-state index contributed by atoms with van der Waals surface area (Å²) < 4.78 is 29.1. The van der Waals surface area contributed by atoms with Crippen molar-refractivity contribution in [1.82, 2.24) is 14.4 Å². The molecule has 2 aromatic carbocycles. The van der Waals surface area contributed by atoms with E-state index in [4.69, 9.17) is 9.47 Å². The second-order valence-electron chi connectivity index (χ2n) is 13.0. The summed E-state index contributed by atoms with van der Waals surface area (Å²) in [6.07, 6.45) is 7.24. The Balaban J connectivity index is 1.12. The molecule has 45 heavy (non-hydrogen) atoms. The molecule has 2 saturated heterocycles. The number of nitrogens with zero attached hydrogens (tertiary/aromatic N) is 3. The van der Waals surface area contributed by atoms with Crippen molar-refractivity contribution in [3.05, 3.63) is 65.1 Å². The van der Waals surface area contributed by atoms with Gasteiger partial charge in [0.05, 0.1) is 36.8 Å². The number of aldehydes is 1. The number of benzene rings is 2. The Kier molecular flexibility index (Phi) is 9.35. The number of ether oxygens (including phenoxy) is 2. The third kappa shape index (κ3) is 6.68. The largest absolute Gasteiger partial charge is 0.379 e. The molecular formula is C35H43FN4O5. The Morgan fingerprint density at radius 2 is 1.82 bits per heavy atom. The van der Waals surface area contributed by atoms with E-state index < -0.39 is 5.82 Å². The number of hydrogen-bond donors (Lipinski definition) is 1. The average molecular weight is 619 g/mol. The van der Waals surface area contributed by atoms with Gasteiger partial charge in [-0.25, -0.2) is 4.39 Å². The minimum atomic E-state index is -0.525. The fourth-order valence-corrected chi connectivity index (χ4v) is 7.16. The first-order chi connectivity index (χ1) is 21.7. The minimum absolute atomic E-state index is 0.0709. The zero-order chi connectivity index (χ0) is 31.7. The van der Waals surface area contributed by atoms with Gasteiger partial charge in [-0.15, -0.1) is 0 Å². The number of halogens is 1. The van der Waals surface area contributed by atoms with Crippen LogP contribution in [0.4, 0.5) is 10.1 Å². The molecule has 240 valence electrons. The summed E-state index contributed by atoms with van der Waals surface area (Å²) in [5, 5.41) is 3.69. The van der Waals surface area contributed by atoms with Gasteiger partial charge in [0.2, 0.25) is 5.91 Å². The summed E-state index contributed by atoms with van der Waals surface area (Å²) in [4.78, 5) is 42.3. The van der Waals surface area contributed by atoms with Gasteiger partial charge in [0.25, 0.3) is 5.91 Å². The van der Waals surface area contributed by atoms with E-state index >= 15 is 4.39 Å². The van der Waals surface area contributed by atoms with E-state index in [-0.39, 0.29) is 48.4 Å². The van der Waals surface area contributed by atoms with Gasteiger partial charge >= 0.3 is 0 Å². The van der Waals surface area contributed by atoms with Gasteiger partial charge in [-0.1, -0.05) is 24.3 Å². The number of methoxy groups -OCH3 is 1. The number of rotatable bonds is 10. The third-order valence-electron chi connectivity index (χ3n) is 10.00. The SMILES string of the molecule is COC1CN([C@H]2CC(COC3CCC(C=O)CC3)N(C(=O)Cc3cc(C)c(NC(=O)c4cn(C)c5ccccc45)cc3F)C2)C1. The zero-order valence-corrected chi connectivity index (χ0v) is 26.3. The number of anilines is 1. The van der Waals surface area contributed by atoms with E-state index in [0.29, 0.717) is 35.5 Å². The van der Waals surface area contributed by atoms with Crippen molar-refractivity contribution in [2.45, 2.75) is 69.7 Å². The molecule has 3 heterocycles. The van der Waals surface area contributed by atoms with Crippen molar-refractivity contribution in [3.63, 3.8) is 0 Å². The molecule has 3 fully saturated rings. The van der Waals surface area contributed by atoms with Crippen molar-refractivity contribution in [3.8, 4) is 0 Å². The van der Waals surface area contributed by atoms with Crippen LogP contribution in [-0.4, -0.2) is 90.1 Å². The molecule has 9 nitrogen and oxygen atoms in total. The first-order valence-electron chi connectivity index (χ1n) is 16.0. The topological polar surface area (TPSA) is 93.1 Å². The van der Waals surface area contributed by atoms with Crippen LogP contribution in [-0.2, 0) is 32.5 Å². The number of amides is 2. The highest BCUT2D eigenvalue weighted by atomic mass is 19.1. The second kappa shape index (κ2) is 13.4. The van der Waals surface area contributed by atoms with Crippen LogP contribution in [0.15, 0.2) is 42.6 Å². The lowest BCUT2D eigenvalue weighted by molar-refractivity contribution is -0.133. The average Bonchev–Trinajstić information content (AvgIpc) is 3.59. The number of hydrogen-bond acceptors (Lipinski definition) is 6. The van der Waals surface area contributed by atoms with E-state index in [2.05, 4.69) is 10.2 Å². The number of likely N-dealkylation sites (tertiary alicyclic amines) is 2. The number of aryl methyl sites for hydroxylation is 2. The molecule has 1 aromatic heterocycles. The Hall–Kier alpha value is -3.60. The standard InChI is InChI=1S/C35H43FN4O5/c1-22-12-24(31(36)15-32(22)37-35(43)30-19-38(2)33-7-5-4-6-29(30)33)13-34(42)40-16-25(39-17-28(18-39)44-3)14-26(40)21-45-27-10-8-23(20-41)9-11-27/h4-7,12,15,19-20,23,25-28H,8-11,13-14,16-18,21H2,1-3H3,(H,37,43)/t23?,25-,26?,27?/m0/s1. The van der Waals surface area contributed by atoms with Crippen LogP contribution in [0, 0.1) is 18.7 Å². The molecular weight excluding hydrogens is 575 g/mol. The summed E-state index contributed by atoms with van der Waals surface area (Å²) in [7, 11) is 3.61. The molecule has 0 spiro atoms. The van der Waals surface area contributed by atoms with Crippen molar-refractivity contribution >= 4 is 34.7 Å². The van der Waals surface area contributed by atoms with Gasteiger partial charge in [-0.05, 0) is 62.3 Å². The van der Waals surface area contributed by atoms with Crippen LogP contribution >= 0.6 is 0 Å². The summed E-state index contributed by atoms with van der Waals surface area (Å²) in [6, 6.07) is 10.7. The Labute approximate surface area is 263 Å². The molecule has 2 amide bonds. The van der Waals surface area contributed by atoms with Crippen LogP contribution in [0.25, 0.3) is 10.9 Å². The maximum Gasteiger partial charge on any atom is 0.257 e. The predicted molar refractivity (Wildman–Crippen MR) is 170 cm³/mol. The summed E-state index contributed by atoms with van der Waals surface area (Å²) >= 11 is 0. The molecule has 10 heteroatoms. The van der Waals surface area contributed by atoms with Crippen LogP contribution in [0.3, 0.4) is 0 Å². The molecule has 2 aliphatic heterocycles. The van der Waals surface area contributed by atoms with Crippen LogP contribution in [0.5, 0.6) is 0 Å². The van der Waals surface area contributed by atoms with E-state index in [1.807, 2.05) is 47.7 Å². The molecule has 0 radical (unpaired) electrons. The fraction of sp³-hybridized carbons (Fsp3) is 0.514. The zero-order valence-electron chi connectivity index (χ0n) is 26.3. The Morgan fingerprint density at radius 3 is 2.56 bits per heavy atom. The molecule has 3 aliphatic rings. The Morgan fingerprint density at radius 1 is 1.07 bits per heavy atom. The van der Waals surface area contributed by atoms with Crippen molar-refractivity contribution in [1.29, 1.82) is 0 Å². The number of fused-ring (bicyclic) bond motifs is 1.